The van der Waals surface area contributed by atoms with E-state index in [4.69, 9.17) is 4.74 Å². The molecule has 4 heterocycles. The molecule has 62 heavy (non-hydrogen) atoms. The van der Waals surface area contributed by atoms with Crippen molar-refractivity contribution in [1.82, 2.24) is 13.7 Å². The Morgan fingerprint density at radius 1 is 0.452 bits per heavy atom. The van der Waals surface area contributed by atoms with E-state index in [1.807, 2.05) is 0 Å². The Hall–Kier alpha value is -7.82. The number of aromatic nitrogens is 3. The SMILES string of the molecule is C1=c2c(n(-c3ccc(-c4ccc(-n5c6ccccc6c6cc7ccccc7cc65)cc4)cc3)c3c4c(n(-c5ccccc5)c5cccc2c45)=CCC3)=CC2c3ccccc3OC12. The molecule has 2 aliphatic carbocycles. The number of hydrogen-bond acceptors (Lipinski definition) is 1. The highest BCUT2D eigenvalue weighted by Gasteiger charge is 2.34. The largest absolute Gasteiger partial charge is 0.485 e. The number of ether oxygens (including phenoxy) is 1. The monoisotopic (exact) mass is 793 g/mol. The van der Waals surface area contributed by atoms with Crippen LogP contribution in [0.5, 0.6) is 5.75 Å². The summed E-state index contributed by atoms with van der Waals surface area (Å²) in [6.07, 6.45) is 9.21. The molecule has 1 aliphatic heterocycles. The average molecular weight is 794 g/mol. The molecule has 4 heteroatoms. The van der Waals surface area contributed by atoms with E-state index in [1.165, 1.54) is 104 Å². The summed E-state index contributed by atoms with van der Waals surface area (Å²) in [4.78, 5) is 0. The summed E-state index contributed by atoms with van der Waals surface area (Å²) >= 11 is 0. The second-order valence-electron chi connectivity index (χ2n) is 17.1. The van der Waals surface area contributed by atoms with E-state index in [1.54, 1.807) is 0 Å². The fourth-order valence-corrected chi connectivity index (χ4v) is 11.1. The fraction of sp³-hybridized carbons (Fsp3) is 0.0690. The Morgan fingerprint density at radius 2 is 1.11 bits per heavy atom. The Kier molecular flexibility index (Phi) is 7.03. The Labute approximate surface area is 357 Å². The van der Waals surface area contributed by atoms with Gasteiger partial charge in [0.2, 0.25) is 0 Å². The molecule has 292 valence electrons. The molecule has 8 aromatic carbocycles. The van der Waals surface area contributed by atoms with Crippen molar-refractivity contribution in [2.75, 3.05) is 0 Å². The van der Waals surface area contributed by atoms with Crippen LogP contribution in [0.4, 0.5) is 0 Å². The predicted molar refractivity (Wildman–Crippen MR) is 256 cm³/mol. The zero-order chi connectivity index (χ0) is 40.5. The summed E-state index contributed by atoms with van der Waals surface area (Å²) in [6.45, 7) is 0. The zero-order valence-corrected chi connectivity index (χ0v) is 33.9. The zero-order valence-electron chi connectivity index (χ0n) is 33.9. The molecule has 3 aromatic heterocycles. The highest BCUT2D eigenvalue weighted by molar-refractivity contribution is 6.14. The first-order chi connectivity index (χ1) is 30.7. The van der Waals surface area contributed by atoms with E-state index in [0.717, 1.165) is 24.3 Å². The van der Waals surface area contributed by atoms with Crippen LogP contribution in [0, 0.1) is 0 Å². The van der Waals surface area contributed by atoms with Crippen molar-refractivity contribution < 1.29 is 4.74 Å². The minimum atomic E-state index is -0.0622. The minimum absolute atomic E-state index is 0.0622. The molecule has 3 aliphatic rings. The van der Waals surface area contributed by atoms with Crippen LogP contribution in [0.3, 0.4) is 0 Å². The average Bonchev–Trinajstić information content (AvgIpc) is 3.96. The third kappa shape index (κ3) is 4.78. The second kappa shape index (κ2) is 12.8. The molecule has 0 fully saturated rings. The van der Waals surface area contributed by atoms with Gasteiger partial charge >= 0.3 is 0 Å². The van der Waals surface area contributed by atoms with Crippen LogP contribution in [0.1, 0.15) is 23.6 Å². The van der Waals surface area contributed by atoms with E-state index in [9.17, 15) is 0 Å². The van der Waals surface area contributed by atoms with E-state index in [0.29, 0.717) is 0 Å². The Bertz CT molecular complexity index is 3890. The molecule has 11 aromatic rings. The summed E-state index contributed by atoms with van der Waals surface area (Å²) in [6, 6.07) is 66.8. The lowest BCUT2D eigenvalue weighted by Crippen LogP contribution is -2.40. The maximum absolute atomic E-state index is 6.69. The number of para-hydroxylation sites is 3. The van der Waals surface area contributed by atoms with Gasteiger partial charge in [0.15, 0.2) is 0 Å². The summed E-state index contributed by atoms with van der Waals surface area (Å²) in [7, 11) is 0. The maximum Gasteiger partial charge on any atom is 0.128 e. The molecule has 4 nitrogen and oxygen atoms in total. The van der Waals surface area contributed by atoms with Crippen LogP contribution >= 0.6 is 0 Å². The number of hydrogen-bond donors (Lipinski definition) is 0. The fourth-order valence-electron chi connectivity index (χ4n) is 11.1. The van der Waals surface area contributed by atoms with Crippen LogP contribution in [-0.2, 0) is 6.42 Å². The van der Waals surface area contributed by atoms with Crippen LogP contribution in [0.25, 0.3) is 101 Å². The quantitative estimate of drug-likeness (QED) is 0.174. The van der Waals surface area contributed by atoms with Gasteiger partial charge in [0, 0.05) is 61.0 Å². The molecule has 2 unspecified atom stereocenters. The van der Waals surface area contributed by atoms with Gasteiger partial charge in [-0.2, -0.15) is 0 Å². The third-order valence-electron chi connectivity index (χ3n) is 13.8. The lowest BCUT2D eigenvalue weighted by atomic mass is 9.90. The lowest BCUT2D eigenvalue weighted by molar-refractivity contribution is 0.288. The number of aryl methyl sites for hydroxylation is 1. The maximum atomic E-state index is 6.69. The molecule has 0 radical (unpaired) electrons. The van der Waals surface area contributed by atoms with Gasteiger partial charge in [-0.3, -0.25) is 0 Å². The van der Waals surface area contributed by atoms with Crippen molar-refractivity contribution >= 4 is 72.5 Å². The van der Waals surface area contributed by atoms with Gasteiger partial charge in [-0.25, -0.2) is 0 Å². The topological polar surface area (TPSA) is 24.0 Å². The van der Waals surface area contributed by atoms with Crippen molar-refractivity contribution in [2.24, 2.45) is 0 Å². The molecule has 0 N–H and O–H groups in total. The summed E-state index contributed by atoms with van der Waals surface area (Å²) < 4.78 is 14.2. The van der Waals surface area contributed by atoms with E-state index in [-0.39, 0.29) is 12.0 Å². The first-order valence-corrected chi connectivity index (χ1v) is 21.8. The van der Waals surface area contributed by atoms with Gasteiger partial charge in [0.1, 0.15) is 11.9 Å². The predicted octanol–water partition coefficient (Wildman–Crippen LogP) is 11.6. The molecule has 0 saturated carbocycles. The first-order valence-electron chi connectivity index (χ1n) is 21.8. The van der Waals surface area contributed by atoms with Gasteiger partial charge < -0.3 is 18.4 Å². The summed E-state index contributed by atoms with van der Waals surface area (Å²) in [5.41, 5.74) is 12.2. The van der Waals surface area contributed by atoms with Crippen LogP contribution < -0.4 is 20.7 Å². The lowest BCUT2D eigenvalue weighted by Gasteiger charge is -2.21. The molecule has 0 spiro atoms. The van der Waals surface area contributed by atoms with Crippen LogP contribution in [0.2, 0.25) is 0 Å². The minimum Gasteiger partial charge on any atom is -0.485 e. The standard InChI is InChI=1S/C58H39N3O/c1-2-14-40(15-3-1)60-50-20-10-18-45-47-35-56-48(44-17-7-9-23-55(44)62-56)34-54(47)61(52-22-11-21-51(60)58(52)57(45)50)42-30-26-37(27-31-42)36-24-28-41(29-25-36)59-49-19-8-6-16-43(49)46-32-38-12-4-5-13-39(38)33-53(46)59/h1-10,12-21,23-35,48,56H,11,22H2. The Balaban J connectivity index is 0.953. The van der Waals surface area contributed by atoms with Gasteiger partial charge in [-0.05, 0) is 119 Å². The van der Waals surface area contributed by atoms with Crippen LogP contribution in [0.15, 0.2) is 182 Å². The van der Waals surface area contributed by atoms with E-state index in [2.05, 4.69) is 214 Å². The normalized spacial score (nSPS) is 16.1. The molecule has 2 atom stereocenters. The van der Waals surface area contributed by atoms with E-state index < -0.39 is 0 Å². The van der Waals surface area contributed by atoms with Crippen molar-refractivity contribution in [3.8, 4) is 33.9 Å². The highest BCUT2D eigenvalue weighted by Crippen LogP contribution is 2.41. The molecular weight excluding hydrogens is 755 g/mol. The number of fused-ring (bicyclic) bond motifs is 9. The molecule has 0 bridgehead atoms. The van der Waals surface area contributed by atoms with Crippen molar-refractivity contribution in [3.05, 3.63) is 209 Å². The first kappa shape index (κ1) is 34.0. The molecule has 14 rings (SSSR count). The summed E-state index contributed by atoms with van der Waals surface area (Å²) in [5, 5.41) is 12.7. The molecule has 0 saturated heterocycles. The van der Waals surface area contributed by atoms with Gasteiger partial charge in [-0.1, -0.05) is 121 Å². The molecular formula is C58H39N3O. The van der Waals surface area contributed by atoms with E-state index >= 15 is 0 Å². The van der Waals surface area contributed by atoms with Crippen molar-refractivity contribution in [3.63, 3.8) is 0 Å². The molecule has 0 amide bonds. The van der Waals surface area contributed by atoms with Crippen LogP contribution in [-0.4, -0.2) is 19.8 Å². The van der Waals surface area contributed by atoms with Gasteiger partial charge in [0.05, 0.1) is 27.2 Å². The van der Waals surface area contributed by atoms with Gasteiger partial charge in [-0.15, -0.1) is 0 Å². The smallest absolute Gasteiger partial charge is 0.128 e. The highest BCUT2D eigenvalue weighted by atomic mass is 16.5. The number of nitrogens with zero attached hydrogens (tertiary/aromatic N) is 3. The van der Waals surface area contributed by atoms with Crippen molar-refractivity contribution in [2.45, 2.75) is 24.9 Å². The third-order valence-corrected chi connectivity index (χ3v) is 13.8. The van der Waals surface area contributed by atoms with Gasteiger partial charge in [0.25, 0.3) is 0 Å². The van der Waals surface area contributed by atoms with Crippen molar-refractivity contribution in [1.29, 1.82) is 0 Å². The summed E-state index contributed by atoms with van der Waals surface area (Å²) in [5.74, 6) is 1.12. The second-order valence-corrected chi connectivity index (χ2v) is 17.1. The Morgan fingerprint density at radius 3 is 1.94 bits per heavy atom. The number of benzene rings is 8. The number of rotatable bonds is 4.